The number of rotatable bonds is 4. The van der Waals surface area contributed by atoms with E-state index in [1.165, 1.54) is 6.42 Å². The van der Waals surface area contributed by atoms with Crippen LogP contribution >= 0.6 is 0 Å². The van der Waals surface area contributed by atoms with E-state index in [9.17, 15) is 4.79 Å². The van der Waals surface area contributed by atoms with E-state index in [4.69, 9.17) is 9.68 Å². The maximum Gasteiger partial charge on any atom is 0.239 e. The zero-order valence-electron chi connectivity index (χ0n) is 11.2. The van der Waals surface area contributed by atoms with Crippen LogP contribution in [-0.4, -0.2) is 29.9 Å². The summed E-state index contributed by atoms with van der Waals surface area (Å²) in [7, 11) is 0. The standard InChI is InChI=1S/C14H19N3O2/c1-11(14(18)17-7-3-2-4-8-17)16-10-13-6-5-12(9-15)19-13/h5-6,11,16H,2-4,7-8,10H2,1H3. The summed E-state index contributed by atoms with van der Waals surface area (Å²) in [6, 6.07) is 5.10. The number of carbonyl (C=O) groups is 1. The molecule has 1 aromatic heterocycles. The quantitative estimate of drug-likeness (QED) is 0.894. The van der Waals surface area contributed by atoms with Crippen LogP contribution in [0.4, 0.5) is 0 Å². The van der Waals surface area contributed by atoms with E-state index < -0.39 is 0 Å². The first-order valence-electron chi connectivity index (χ1n) is 6.71. The lowest BCUT2D eigenvalue weighted by Crippen LogP contribution is -2.46. The summed E-state index contributed by atoms with van der Waals surface area (Å²) in [6.07, 6.45) is 3.42. The summed E-state index contributed by atoms with van der Waals surface area (Å²) in [5, 5.41) is 11.8. The second-order valence-corrected chi connectivity index (χ2v) is 4.87. The Hall–Kier alpha value is -1.80. The number of hydrogen-bond acceptors (Lipinski definition) is 4. The molecule has 1 atom stereocenters. The highest BCUT2D eigenvalue weighted by atomic mass is 16.3. The van der Waals surface area contributed by atoms with Gasteiger partial charge in [0.25, 0.3) is 0 Å². The minimum absolute atomic E-state index is 0.145. The van der Waals surface area contributed by atoms with Crippen LogP contribution in [-0.2, 0) is 11.3 Å². The normalized spacial score (nSPS) is 16.9. The first-order valence-corrected chi connectivity index (χ1v) is 6.71. The zero-order valence-corrected chi connectivity index (χ0v) is 11.2. The summed E-state index contributed by atoms with van der Waals surface area (Å²) < 4.78 is 5.26. The predicted molar refractivity (Wildman–Crippen MR) is 70.2 cm³/mol. The highest BCUT2D eigenvalue weighted by Crippen LogP contribution is 2.11. The minimum atomic E-state index is -0.228. The second kappa shape index (κ2) is 6.39. The van der Waals surface area contributed by atoms with Crippen LogP contribution in [0.25, 0.3) is 0 Å². The Kier molecular flexibility index (Phi) is 4.58. The molecule has 1 unspecified atom stereocenters. The van der Waals surface area contributed by atoms with Gasteiger partial charge in [0.1, 0.15) is 11.8 Å². The Labute approximate surface area is 113 Å². The average molecular weight is 261 g/mol. The lowest BCUT2D eigenvalue weighted by Gasteiger charge is -2.29. The second-order valence-electron chi connectivity index (χ2n) is 4.87. The van der Waals surface area contributed by atoms with Gasteiger partial charge in [-0.15, -0.1) is 0 Å². The fraction of sp³-hybridized carbons (Fsp3) is 0.571. The Bertz CT molecular complexity index is 469. The number of likely N-dealkylation sites (tertiary alicyclic amines) is 1. The number of amides is 1. The van der Waals surface area contributed by atoms with Crippen molar-refractivity contribution in [3.63, 3.8) is 0 Å². The molecule has 1 N–H and O–H groups in total. The van der Waals surface area contributed by atoms with Gasteiger partial charge in [0.15, 0.2) is 0 Å². The topological polar surface area (TPSA) is 69.3 Å². The maximum absolute atomic E-state index is 12.2. The van der Waals surface area contributed by atoms with E-state index in [1.807, 2.05) is 17.9 Å². The van der Waals surface area contributed by atoms with Crippen LogP contribution in [0, 0.1) is 11.3 Å². The summed E-state index contributed by atoms with van der Waals surface area (Å²) in [5.74, 6) is 1.12. The van der Waals surface area contributed by atoms with Crippen molar-refractivity contribution in [2.45, 2.75) is 38.8 Å². The van der Waals surface area contributed by atoms with E-state index in [0.717, 1.165) is 25.9 Å². The van der Waals surface area contributed by atoms with Gasteiger partial charge in [-0.05, 0) is 38.3 Å². The molecule has 1 aliphatic heterocycles. The number of nitrogens with one attached hydrogen (secondary N) is 1. The van der Waals surface area contributed by atoms with Crippen LogP contribution in [0.1, 0.15) is 37.7 Å². The first kappa shape index (κ1) is 13.6. The van der Waals surface area contributed by atoms with Gasteiger partial charge in [0, 0.05) is 13.1 Å². The molecule has 2 heterocycles. The Balaban J connectivity index is 1.81. The van der Waals surface area contributed by atoms with Crippen molar-refractivity contribution in [2.75, 3.05) is 13.1 Å². The largest absolute Gasteiger partial charge is 0.449 e. The predicted octanol–water partition coefficient (Wildman–Crippen LogP) is 1.64. The molecule has 2 rings (SSSR count). The lowest BCUT2D eigenvalue weighted by atomic mass is 10.1. The molecular weight excluding hydrogens is 242 g/mol. The maximum atomic E-state index is 12.2. The molecule has 19 heavy (non-hydrogen) atoms. The lowest BCUT2D eigenvalue weighted by molar-refractivity contribution is -0.134. The molecule has 5 nitrogen and oxygen atoms in total. The molecule has 0 aromatic carbocycles. The van der Waals surface area contributed by atoms with Gasteiger partial charge in [-0.3, -0.25) is 10.1 Å². The number of nitrogens with zero attached hydrogens (tertiary/aromatic N) is 2. The Morgan fingerprint density at radius 3 is 2.84 bits per heavy atom. The van der Waals surface area contributed by atoms with E-state index in [2.05, 4.69) is 5.32 Å². The van der Waals surface area contributed by atoms with Crippen molar-refractivity contribution in [1.82, 2.24) is 10.2 Å². The number of hydrogen-bond donors (Lipinski definition) is 1. The van der Waals surface area contributed by atoms with Gasteiger partial charge in [-0.2, -0.15) is 5.26 Å². The van der Waals surface area contributed by atoms with Crippen LogP contribution < -0.4 is 5.32 Å². The summed E-state index contributed by atoms with van der Waals surface area (Å²) in [5.41, 5.74) is 0. The molecule has 5 heteroatoms. The third-order valence-corrected chi connectivity index (χ3v) is 3.39. The highest BCUT2D eigenvalue weighted by molar-refractivity contribution is 5.81. The summed E-state index contributed by atoms with van der Waals surface area (Å²) in [6.45, 7) is 4.06. The SMILES string of the molecule is CC(NCc1ccc(C#N)o1)C(=O)N1CCCCC1. The van der Waals surface area contributed by atoms with Gasteiger partial charge in [-0.25, -0.2) is 0 Å². The van der Waals surface area contributed by atoms with Gasteiger partial charge in [0.2, 0.25) is 11.7 Å². The molecule has 1 saturated heterocycles. The van der Waals surface area contributed by atoms with Crippen molar-refractivity contribution in [2.24, 2.45) is 0 Å². The van der Waals surface area contributed by atoms with Crippen LogP contribution in [0.2, 0.25) is 0 Å². The highest BCUT2D eigenvalue weighted by Gasteiger charge is 2.21. The molecule has 0 aliphatic carbocycles. The van der Waals surface area contributed by atoms with Gasteiger partial charge >= 0.3 is 0 Å². The van der Waals surface area contributed by atoms with Crippen molar-refractivity contribution < 1.29 is 9.21 Å². The summed E-state index contributed by atoms with van der Waals surface area (Å²) >= 11 is 0. The first-order chi connectivity index (χ1) is 9.20. The van der Waals surface area contributed by atoms with E-state index >= 15 is 0 Å². The fourth-order valence-corrected chi connectivity index (χ4v) is 2.26. The molecular formula is C14H19N3O2. The number of piperidine rings is 1. The van der Waals surface area contributed by atoms with Crippen molar-refractivity contribution in [3.05, 3.63) is 23.7 Å². The van der Waals surface area contributed by atoms with Gasteiger partial charge in [-0.1, -0.05) is 0 Å². The van der Waals surface area contributed by atoms with Gasteiger partial charge < -0.3 is 9.32 Å². The molecule has 1 amide bonds. The van der Waals surface area contributed by atoms with Crippen molar-refractivity contribution in [1.29, 1.82) is 5.26 Å². The summed E-state index contributed by atoms with van der Waals surface area (Å²) in [4.78, 5) is 14.1. The molecule has 1 aliphatic rings. The minimum Gasteiger partial charge on any atom is -0.449 e. The van der Waals surface area contributed by atoms with Crippen LogP contribution in [0.5, 0.6) is 0 Å². The van der Waals surface area contributed by atoms with Crippen LogP contribution in [0.15, 0.2) is 16.5 Å². The molecule has 0 saturated carbocycles. The molecule has 0 radical (unpaired) electrons. The molecule has 0 spiro atoms. The van der Waals surface area contributed by atoms with Gasteiger partial charge in [0.05, 0.1) is 12.6 Å². The Morgan fingerprint density at radius 2 is 2.21 bits per heavy atom. The van der Waals surface area contributed by atoms with E-state index in [-0.39, 0.29) is 11.9 Å². The molecule has 1 fully saturated rings. The van der Waals surface area contributed by atoms with E-state index in [1.54, 1.807) is 12.1 Å². The zero-order chi connectivity index (χ0) is 13.7. The molecule has 102 valence electrons. The number of furan rings is 1. The van der Waals surface area contributed by atoms with Crippen molar-refractivity contribution >= 4 is 5.91 Å². The van der Waals surface area contributed by atoms with Crippen molar-refractivity contribution in [3.8, 4) is 6.07 Å². The number of carbonyl (C=O) groups excluding carboxylic acids is 1. The average Bonchev–Trinajstić information content (AvgIpc) is 2.93. The monoisotopic (exact) mass is 261 g/mol. The third kappa shape index (κ3) is 3.58. The Morgan fingerprint density at radius 1 is 1.47 bits per heavy atom. The molecule has 0 bridgehead atoms. The fourth-order valence-electron chi connectivity index (χ4n) is 2.26. The number of nitriles is 1. The van der Waals surface area contributed by atoms with Crippen LogP contribution in [0.3, 0.4) is 0 Å². The smallest absolute Gasteiger partial charge is 0.239 e. The third-order valence-electron chi connectivity index (χ3n) is 3.39. The van der Waals surface area contributed by atoms with E-state index in [0.29, 0.717) is 18.1 Å². The molecule has 1 aromatic rings.